The molecule has 4 nitrogen and oxygen atoms in total. The van der Waals surface area contributed by atoms with Crippen molar-refractivity contribution in [3.8, 4) is 0 Å². The average Bonchev–Trinajstić information content (AvgIpc) is 2.97. The van der Waals surface area contributed by atoms with Crippen molar-refractivity contribution in [1.29, 1.82) is 0 Å². The SMILES string of the molecule is O=C(CSc1nc2ccc(Cl)cc2o1)NCCc1ccc(F)cc1. The summed E-state index contributed by atoms with van der Waals surface area (Å²) < 4.78 is 18.3. The maximum Gasteiger partial charge on any atom is 0.257 e. The number of nitrogens with one attached hydrogen (secondary N) is 1. The van der Waals surface area contributed by atoms with Crippen LogP contribution >= 0.6 is 23.4 Å². The summed E-state index contributed by atoms with van der Waals surface area (Å²) in [5.74, 6) is -0.162. The fraction of sp³-hybridized carbons (Fsp3) is 0.176. The Kier molecular flexibility index (Phi) is 5.37. The quantitative estimate of drug-likeness (QED) is 0.670. The molecule has 0 unspecified atom stereocenters. The van der Waals surface area contributed by atoms with E-state index in [9.17, 15) is 9.18 Å². The second kappa shape index (κ2) is 7.68. The third-order valence-corrected chi connectivity index (χ3v) is 4.37. The molecule has 1 aromatic heterocycles. The first-order valence-electron chi connectivity index (χ1n) is 7.30. The van der Waals surface area contributed by atoms with Crippen LogP contribution in [0.15, 0.2) is 52.1 Å². The molecule has 0 aliphatic rings. The topological polar surface area (TPSA) is 55.1 Å². The van der Waals surface area contributed by atoms with Crippen LogP contribution in [0, 0.1) is 5.82 Å². The van der Waals surface area contributed by atoms with Crippen molar-refractivity contribution in [3.63, 3.8) is 0 Å². The minimum atomic E-state index is -0.265. The molecule has 124 valence electrons. The van der Waals surface area contributed by atoms with Crippen molar-refractivity contribution >= 4 is 40.4 Å². The molecule has 1 amide bonds. The van der Waals surface area contributed by atoms with Crippen LogP contribution in [0.3, 0.4) is 0 Å². The third-order valence-electron chi connectivity index (χ3n) is 3.31. The molecule has 2 aromatic carbocycles. The first-order valence-corrected chi connectivity index (χ1v) is 8.66. The normalized spacial score (nSPS) is 10.9. The van der Waals surface area contributed by atoms with Crippen LogP contribution in [0.1, 0.15) is 5.56 Å². The van der Waals surface area contributed by atoms with Gasteiger partial charge in [0.15, 0.2) is 5.58 Å². The highest BCUT2D eigenvalue weighted by Gasteiger charge is 2.09. The van der Waals surface area contributed by atoms with Gasteiger partial charge in [-0.15, -0.1) is 0 Å². The van der Waals surface area contributed by atoms with E-state index in [1.807, 2.05) is 0 Å². The first kappa shape index (κ1) is 16.8. The Morgan fingerprint density at radius 1 is 1.25 bits per heavy atom. The molecular weight excluding hydrogens is 351 g/mol. The molecule has 0 aliphatic carbocycles. The van der Waals surface area contributed by atoms with Crippen LogP contribution in [0.2, 0.25) is 5.02 Å². The fourth-order valence-electron chi connectivity index (χ4n) is 2.11. The van der Waals surface area contributed by atoms with E-state index in [1.165, 1.54) is 23.9 Å². The van der Waals surface area contributed by atoms with E-state index in [1.54, 1.807) is 30.3 Å². The molecule has 0 radical (unpaired) electrons. The molecule has 0 saturated heterocycles. The summed E-state index contributed by atoms with van der Waals surface area (Å²) in [6, 6.07) is 11.4. The lowest BCUT2D eigenvalue weighted by Gasteiger charge is -2.04. The molecule has 0 bridgehead atoms. The standard InChI is InChI=1S/C17H14ClFN2O2S/c18-12-3-6-14-15(9-12)23-17(21-14)24-10-16(22)20-8-7-11-1-4-13(19)5-2-11/h1-6,9H,7-8,10H2,(H,20,22). The van der Waals surface area contributed by atoms with Gasteiger partial charge >= 0.3 is 0 Å². The zero-order chi connectivity index (χ0) is 16.9. The molecule has 0 saturated carbocycles. The number of hydrogen-bond acceptors (Lipinski definition) is 4. The van der Waals surface area contributed by atoms with Gasteiger partial charge in [-0.25, -0.2) is 9.37 Å². The highest BCUT2D eigenvalue weighted by atomic mass is 35.5. The van der Waals surface area contributed by atoms with Crippen molar-refractivity contribution in [2.45, 2.75) is 11.6 Å². The molecule has 0 fully saturated rings. The molecule has 3 aromatic rings. The summed E-state index contributed by atoms with van der Waals surface area (Å²) in [7, 11) is 0. The maximum atomic E-state index is 12.8. The Bertz CT molecular complexity index is 851. The van der Waals surface area contributed by atoms with Gasteiger partial charge in [0.05, 0.1) is 5.75 Å². The van der Waals surface area contributed by atoms with E-state index in [2.05, 4.69) is 10.3 Å². The predicted molar refractivity (Wildman–Crippen MR) is 92.9 cm³/mol. The third kappa shape index (κ3) is 4.49. The number of benzene rings is 2. The smallest absolute Gasteiger partial charge is 0.257 e. The number of halogens is 2. The Labute approximate surface area is 147 Å². The van der Waals surface area contributed by atoms with Crippen LogP contribution < -0.4 is 5.32 Å². The Hall–Kier alpha value is -2.05. The maximum absolute atomic E-state index is 12.8. The number of hydrogen-bond donors (Lipinski definition) is 1. The second-order valence-corrected chi connectivity index (χ2v) is 6.47. The molecule has 0 atom stereocenters. The molecule has 0 aliphatic heterocycles. The average molecular weight is 365 g/mol. The van der Waals surface area contributed by atoms with Crippen LogP contribution in [-0.2, 0) is 11.2 Å². The van der Waals surface area contributed by atoms with Crippen LogP contribution in [0.25, 0.3) is 11.1 Å². The number of oxazole rings is 1. The molecule has 24 heavy (non-hydrogen) atoms. The Morgan fingerprint density at radius 2 is 2.04 bits per heavy atom. The number of amides is 1. The van der Waals surface area contributed by atoms with Crippen molar-refractivity contribution in [3.05, 3.63) is 58.9 Å². The van der Waals surface area contributed by atoms with Crippen molar-refractivity contribution in [2.75, 3.05) is 12.3 Å². The highest BCUT2D eigenvalue weighted by Crippen LogP contribution is 2.25. The lowest BCUT2D eigenvalue weighted by Crippen LogP contribution is -2.27. The molecule has 1 heterocycles. The monoisotopic (exact) mass is 364 g/mol. The second-order valence-electron chi connectivity index (χ2n) is 5.11. The molecule has 1 N–H and O–H groups in total. The van der Waals surface area contributed by atoms with Gasteiger partial charge in [0, 0.05) is 17.6 Å². The summed E-state index contributed by atoms with van der Waals surface area (Å²) >= 11 is 7.12. The number of aromatic nitrogens is 1. The van der Waals surface area contributed by atoms with E-state index >= 15 is 0 Å². The van der Waals surface area contributed by atoms with Crippen LogP contribution in [0.5, 0.6) is 0 Å². The van der Waals surface area contributed by atoms with Gasteiger partial charge in [-0.1, -0.05) is 35.5 Å². The summed E-state index contributed by atoms with van der Waals surface area (Å²) in [5, 5.41) is 3.82. The number of rotatable bonds is 6. The molecule has 3 rings (SSSR count). The van der Waals surface area contributed by atoms with E-state index < -0.39 is 0 Å². The number of thioether (sulfide) groups is 1. The van der Waals surface area contributed by atoms with Gasteiger partial charge in [0.25, 0.3) is 5.22 Å². The van der Waals surface area contributed by atoms with Gasteiger partial charge in [-0.2, -0.15) is 0 Å². The molecule has 7 heteroatoms. The van der Waals surface area contributed by atoms with Crippen molar-refractivity contribution in [2.24, 2.45) is 0 Å². The van der Waals surface area contributed by atoms with Gasteiger partial charge in [0.2, 0.25) is 5.91 Å². The highest BCUT2D eigenvalue weighted by molar-refractivity contribution is 7.99. The number of fused-ring (bicyclic) bond motifs is 1. The Morgan fingerprint density at radius 3 is 2.83 bits per heavy atom. The van der Waals surface area contributed by atoms with Gasteiger partial charge in [0.1, 0.15) is 11.3 Å². The van der Waals surface area contributed by atoms with Crippen molar-refractivity contribution in [1.82, 2.24) is 10.3 Å². The van der Waals surface area contributed by atoms with E-state index in [0.717, 1.165) is 5.56 Å². The first-order chi connectivity index (χ1) is 11.6. The van der Waals surface area contributed by atoms with Gasteiger partial charge in [-0.3, -0.25) is 4.79 Å². The fourth-order valence-corrected chi connectivity index (χ4v) is 2.95. The zero-order valence-electron chi connectivity index (χ0n) is 12.6. The summed E-state index contributed by atoms with van der Waals surface area (Å²) in [6.45, 7) is 0.494. The number of carbonyl (C=O) groups is 1. The lowest BCUT2D eigenvalue weighted by atomic mass is 10.1. The van der Waals surface area contributed by atoms with E-state index in [0.29, 0.717) is 34.3 Å². The predicted octanol–water partition coefficient (Wildman–Crippen LogP) is 4.07. The van der Waals surface area contributed by atoms with Crippen molar-refractivity contribution < 1.29 is 13.6 Å². The lowest BCUT2D eigenvalue weighted by molar-refractivity contribution is -0.118. The minimum absolute atomic E-state index is 0.109. The van der Waals surface area contributed by atoms with Crippen LogP contribution in [0.4, 0.5) is 4.39 Å². The van der Waals surface area contributed by atoms with Crippen LogP contribution in [-0.4, -0.2) is 23.2 Å². The van der Waals surface area contributed by atoms with Gasteiger partial charge in [-0.05, 0) is 36.2 Å². The summed E-state index contributed by atoms with van der Waals surface area (Å²) in [4.78, 5) is 16.1. The number of nitrogens with zero attached hydrogens (tertiary/aromatic N) is 1. The summed E-state index contributed by atoms with van der Waals surface area (Å²) in [6.07, 6.45) is 0.651. The van der Waals surface area contributed by atoms with E-state index in [-0.39, 0.29) is 17.5 Å². The number of carbonyl (C=O) groups excluding carboxylic acids is 1. The van der Waals surface area contributed by atoms with E-state index in [4.69, 9.17) is 16.0 Å². The summed E-state index contributed by atoms with van der Waals surface area (Å²) in [5.41, 5.74) is 2.28. The molecule has 0 spiro atoms. The Balaban J connectivity index is 1.45. The van der Waals surface area contributed by atoms with Gasteiger partial charge < -0.3 is 9.73 Å². The molecular formula is C17H14ClFN2O2S. The zero-order valence-corrected chi connectivity index (χ0v) is 14.2. The minimum Gasteiger partial charge on any atom is -0.431 e. The largest absolute Gasteiger partial charge is 0.431 e.